The van der Waals surface area contributed by atoms with Crippen LogP contribution in [0.1, 0.15) is 29.0 Å². The van der Waals surface area contributed by atoms with Gasteiger partial charge in [0.1, 0.15) is 11.6 Å². The number of fused-ring (bicyclic) bond motifs is 1. The van der Waals surface area contributed by atoms with Crippen LogP contribution in [-0.2, 0) is 11.8 Å². The molecule has 0 radical (unpaired) electrons. The molecule has 1 amide bonds. The molecular weight excluding hydrogens is 402 g/mol. The van der Waals surface area contributed by atoms with Gasteiger partial charge in [0, 0.05) is 36.3 Å². The Labute approximate surface area is 184 Å². The monoisotopic (exact) mass is 423 g/mol. The summed E-state index contributed by atoms with van der Waals surface area (Å²) < 4.78 is 1.75. The second-order valence-electron chi connectivity index (χ2n) is 8.21. The Balaban J connectivity index is 1.42. The molecule has 4 aromatic rings. The number of pyridine rings is 2. The van der Waals surface area contributed by atoms with E-state index in [0.29, 0.717) is 28.3 Å². The summed E-state index contributed by atoms with van der Waals surface area (Å²) >= 11 is 0. The van der Waals surface area contributed by atoms with Crippen LogP contribution in [0.5, 0.6) is 0 Å². The molecule has 3 aromatic heterocycles. The number of nitrogen functional groups attached to an aromatic ring is 1. The molecule has 0 unspecified atom stereocenters. The van der Waals surface area contributed by atoms with E-state index in [1.54, 1.807) is 29.1 Å². The average molecular weight is 423 g/mol. The largest absolute Gasteiger partial charge is 0.383 e. The van der Waals surface area contributed by atoms with E-state index < -0.39 is 0 Å². The van der Waals surface area contributed by atoms with Crippen molar-refractivity contribution in [3.8, 4) is 17.3 Å². The Bertz CT molecular complexity index is 1420. The number of carbonyl (C=O) groups is 1. The van der Waals surface area contributed by atoms with E-state index in [9.17, 15) is 10.1 Å². The zero-order valence-electron chi connectivity index (χ0n) is 17.7. The third-order valence-corrected chi connectivity index (χ3v) is 5.92. The molecule has 32 heavy (non-hydrogen) atoms. The molecule has 1 fully saturated rings. The van der Waals surface area contributed by atoms with Gasteiger partial charge < -0.3 is 11.1 Å². The number of rotatable bonds is 4. The zero-order chi connectivity index (χ0) is 22.4. The highest BCUT2D eigenvalue weighted by atomic mass is 16.2. The van der Waals surface area contributed by atoms with E-state index in [0.717, 1.165) is 28.5 Å². The van der Waals surface area contributed by atoms with E-state index in [1.165, 1.54) is 0 Å². The van der Waals surface area contributed by atoms with Crippen LogP contribution in [0.25, 0.3) is 22.0 Å². The molecule has 2 atom stereocenters. The maximum Gasteiger partial charge on any atom is 0.229 e. The van der Waals surface area contributed by atoms with Gasteiger partial charge in [-0.1, -0.05) is 6.07 Å². The number of hydrogen-bond acceptors (Lipinski definition) is 6. The van der Waals surface area contributed by atoms with Crippen molar-refractivity contribution in [1.82, 2.24) is 19.7 Å². The van der Waals surface area contributed by atoms with Gasteiger partial charge in [-0.15, -0.1) is 0 Å². The van der Waals surface area contributed by atoms with Crippen LogP contribution in [0.3, 0.4) is 0 Å². The molecular formula is C24H21N7O. The summed E-state index contributed by atoms with van der Waals surface area (Å²) in [6.07, 6.45) is 6.20. The van der Waals surface area contributed by atoms with Gasteiger partial charge in [0.05, 0.1) is 23.5 Å². The van der Waals surface area contributed by atoms with E-state index >= 15 is 0 Å². The maximum absolute atomic E-state index is 12.7. The van der Waals surface area contributed by atoms with E-state index in [-0.39, 0.29) is 17.7 Å². The van der Waals surface area contributed by atoms with Crippen molar-refractivity contribution in [3.63, 3.8) is 0 Å². The molecule has 1 aliphatic rings. The van der Waals surface area contributed by atoms with Crippen molar-refractivity contribution in [3.05, 3.63) is 65.6 Å². The molecule has 0 bridgehead atoms. The normalized spacial score (nSPS) is 17.2. The second-order valence-corrected chi connectivity index (χ2v) is 8.21. The minimum atomic E-state index is -0.0776. The quantitative estimate of drug-likeness (QED) is 0.518. The van der Waals surface area contributed by atoms with Crippen molar-refractivity contribution in [1.29, 1.82) is 5.26 Å². The van der Waals surface area contributed by atoms with E-state index in [2.05, 4.69) is 26.5 Å². The lowest BCUT2D eigenvalue weighted by atomic mass is 10.0. The number of nitrogens with two attached hydrogens (primary N) is 1. The lowest BCUT2D eigenvalue weighted by molar-refractivity contribution is -0.117. The van der Waals surface area contributed by atoms with Gasteiger partial charge in [-0.3, -0.25) is 9.48 Å². The molecule has 0 spiro atoms. The number of aromatic nitrogens is 4. The summed E-state index contributed by atoms with van der Waals surface area (Å²) in [7, 11) is 1.87. The summed E-state index contributed by atoms with van der Waals surface area (Å²) in [5.74, 6) is 0.893. The molecule has 1 aliphatic carbocycles. The molecule has 1 aromatic carbocycles. The first-order valence-corrected chi connectivity index (χ1v) is 10.3. The third-order valence-electron chi connectivity index (χ3n) is 5.92. The molecule has 8 heteroatoms. The number of aryl methyl sites for hydroxylation is 2. The fourth-order valence-corrected chi connectivity index (χ4v) is 4.05. The van der Waals surface area contributed by atoms with Gasteiger partial charge in [0.2, 0.25) is 5.91 Å². The number of hydrogen-bond donors (Lipinski definition) is 2. The Hall–Kier alpha value is -4.25. The predicted molar refractivity (Wildman–Crippen MR) is 122 cm³/mol. The van der Waals surface area contributed by atoms with Crippen LogP contribution < -0.4 is 11.1 Å². The smallest absolute Gasteiger partial charge is 0.229 e. The van der Waals surface area contributed by atoms with Crippen LogP contribution in [0, 0.1) is 24.2 Å². The number of anilines is 2. The van der Waals surface area contributed by atoms with Crippen molar-refractivity contribution in [2.24, 2.45) is 13.0 Å². The standard InChI is InChI=1S/C24H21N7O/c1-13-3-4-14(9-25)5-17(13)21-6-15-7-22(27-11-20(15)23(26)29-21)30-24(32)19-8-18(19)16-10-28-31(2)12-16/h3-7,10-12,18-19H,8H2,1-2H3,(H2,26,29)(H,27,30,32)/t18-,19+/m0/s1. The lowest BCUT2D eigenvalue weighted by Gasteiger charge is -2.11. The van der Waals surface area contributed by atoms with Crippen LogP contribution in [0.2, 0.25) is 0 Å². The summed E-state index contributed by atoms with van der Waals surface area (Å²) in [6, 6.07) is 11.3. The third kappa shape index (κ3) is 3.54. The van der Waals surface area contributed by atoms with Gasteiger partial charge in [-0.25, -0.2) is 9.97 Å². The van der Waals surface area contributed by atoms with Gasteiger partial charge in [-0.05, 0) is 60.0 Å². The topological polar surface area (TPSA) is 123 Å². The van der Waals surface area contributed by atoms with Crippen LogP contribution in [0.4, 0.5) is 11.6 Å². The van der Waals surface area contributed by atoms with E-state index in [1.807, 2.05) is 38.5 Å². The molecule has 0 aliphatic heterocycles. The molecule has 158 valence electrons. The fraction of sp³-hybridized carbons (Fsp3) is 0.208. The summed E-state index contributed by atoms with van der Waals surface area (Å²) in [4.78, 5) is 21.6. The van der Waals surface area contributed by atoms with Crippen molar-refractivity contribution in [2.45, 2.75) is 19.3 Å². The Kier molecular flexibility index (Phi) is 4.59. The Morgan fingerprint density at radius 1 is 1.28 bits per heavy atom. The zero-order valence-corrected chi connectivity index (χ0v) is 17.7. The van der Waals surface area contributed by atoms with E-state index in [4.69, 9.17) is 5.73 Å². The number of benzene rings is 1. The van der Waals surface area contributed by atoms with Crippen molar-refractivity contribution < 1.29 is 4.79 Å². The van der Waals surface area contributed by atoms with Crippen LogP contribution in [-0.4, -0.2) is 25.7 Å². The predicted octanol–water partition coefficient (Wildman–Crippen LogP) is 3.53. The van der Waals surface area contributed by atoms with Gasteiger partial charge in [-0.2, -0.15) is 10.4 Å². The number of nitriles is 1. The lowest BCUT2D eigenvalue weighted by Crippen LogP contribution is -2.15. The summed E-state index contributed by atoms with van der Waals surface area (Å²) in [6.45, 7) is 1.96. The van der Waals surface area contributed by atoms with Gasteiger partial charge in [0.25, 0.3) is 0 Å². The van der Waals surface area contributed by atoms with Crippen LogP contribution in [0.15, 0.2) is 48.9 Å². The second kappa shape index (κ2) is 7.46. The molecule has 3 N–H and O–H groups in total. The SMILES string of the molecule is Cc1ccc(C#N)cc1-c1cc2cc(NC(=O)[C@@H]3C[C@H]3c3cnn(C)c3)ncc2c(N)n1. The van der Waals surface area contributed by atoms with Crippen molar-refractivity contribution >= 4 is 28.3 Å². The minimum absolute atomic E-state index is 0.0504. The maximum atomic E-state index is 12.7. The highest BCUT2D eigenvalue weighted by Crippen LogP contribution is 2.47. The van der Waals surface area contributed by atoms with Crippen LogP contribution >= 0.6 is 0 Å². The first kappa shape index (κ1) is 19.7. The molecule has 8 nitrogen and oxygen atoms in total. The highest BCUT2D eigenvalue weighted by molar-refractivity contribution is 5.99. The Morgan fingerprint density at radius 3 is 2.88 bits per heavy atom. The number of nitrogens with zero attached hydrogens (tertiary/aromatic N) is 5. The molecule has 1 saturated carbocycles. The summed E-state index contributed by atoms with van der Waals surface area (Å²) in [5, 5.41) is 17.9. The number of carbonyl (C=O) groups excluding carboxylic acids is 1. The number of nitrogens with one attached hydrogen (secondary N) is 1. The fourth-order valence-electron chi connectivity index (χ4n) is 4.05. The first-order valence-electron chi connectivity index (χ1n) is 10.3. The first-order chi connectivity index (χ1) is 15.4. The molecule has 3 heterocycles. The molecule has 5 rings (SSSR count). The highest BCUT2D eigenvalue weighted by Gasteiger charge is 2.44. The van der Waals surface area contributed by atoms with Crippen molar-refractivity contribution in [2.75, 3.05) is 11.1 Å². The molecule has 0 saturated heterocycles. The summed E-state index contributed by atoms with van der Waals surface area (Å²) in [5.41, 5.74) is 10.3. The van der Waals surface area contributed by atoms with Gasteiger partial charge in [0.15, 0.2) is 0 Å². The minimum Gasteiger partial charge on any atom is -0.383 e. The van der Waals surface area contributed by atoms with Gasteiger partial charge >= 0.3 is 0 Å². The Morgan fingerprint density at radius 2 is 2.12 bits per heavy atom. The number of amides is 1. The average Bonchev–Trinajstić information content (AvgIpc) is 3.47.